The van der Waals surface area contributed by atoms with Crippen molar-refractivity contribution in [2.45, 2.75) is 19.4 Å². The highest BCUT2D eigenvalue weighted by atomic mass is 16.5. The molecule has 2 amide bonds. The van der Waals surface area contributed by atoms with Crippen molar-refractivity contribution in [3.05, 3.63) is 48.2 Å². The van der Waals surface area contributed by atoms with Crippen LogP contribution >= 0.6 is 0 Å². The summed E-state index contributed by atoms with van der Waals surface area (Å²) in [7, 11) is 1.95. The number of fused-ring (bicyclic) bond motifs is 1. The van der Waals surface area contributed by atoms with Gasteiger partial charge in [0.25, 0.3) is 5.91 Å². The summed E-state index contributed by atoms with van der Waals surface area (Å²) in [4.78, 5) is 35.0. The molecule has 0 unspecified atom stereocenters. The van der Waals surface area contributed by atoms with E-state index < -0.39 is 0 Å². The summed E-state index contributed by atoms with van der Waals surface area (Å²) in [5.41, 5.74) is 1.68. The van der Waals surface area contributed by atoms with Gasteiger partial charge in [-0.2, -0.15) is 0 Å². The minimum atomic E-state index is -0.191. The van der Waals surface area contributed by atoms with Gasteiger partial charge in [-0.25, -0.2) is 4.98 Å². The molecule has 7 nitrogen and oxygen atoms in total. The zero-order valence-corrected chi connectivity index (χ0v) is 16.0. The topological polar surface area (TPSA) is 66.0 Å². The number of anilines is 2. The van der Waals surface area contributed by atoms with E-state index in [1.54, 1.807) is 4.90 Å². The summed E-state index contributed by atoms with van der Waals surface area (Å²) in [6, 6.07) is 13.7. The van der Waals surface area contributed by atoms with Gasteiger partial charge < -0.3 is 19.4 Å². The van der Waals surface area contributed by atoms with Gasteiger partial charge in [-0.05, 0) is 37.1 Å². The molecule has 1 saturated heterocycles. The van der Waals surface area contributed by atoms with E-state index in [0.717, 1.165) is 37.4 Å². The lowest BCUT2D eigenvalue weighted by atomic mass is 10.2. The fourth-order valence-electron chi connectivity index (χ4n) is 3.57. The Morgan fingerprint density at radius 1 is 1.14 bits per heavy atom. The van der Waals surface area contributed by atoms with Crippen molar-refractivity contribution in [1.82, 2.24) is 14.8 Å². The highest BCUT2D eigenvalue weighted by Crippen LogP contribution is 2.28. The maximum Gasteiger partial charge on any atom is 0.261 e. The standard InChI is InChI=1S/C21H24N4O3/c1-23(16-7-3-2-4-8-16)19-10-9-18-17(22-19)13-25(21(27)15-28-18)14-20(26)24-11-5-6-12-24/h2-4,7-10H,5-6,11-15H2,1H3. The second-order valence-corrected chi connectivity index (χ2v) is 7.14. The average molecular weight is 380 g/mol. The molecule has 0 radical (unpaired) electrons. The molecule has 0 spiro atoms. The lowest BCUT2D eigenvalue weighted by Crippen LogP contribution is -2.42. The second kappa shape index (κ2) is 7.88. The van der Waals surface area contributed by atoms with Gasteiger partial charge in [0.2, 0.25) is 5.91 Å². The Hall–Kier alpha value is -3.09. The Kier molecular flexibility index (Phi) is 5.14. The van der Waals surface area contributed by atoms with Crippen LogP contribution < -0.4 is 9.64 Å². The zero-order valence-electron chi connectivity index (χ0n) is 16.0. The minimum absolute atomic E-state index is 0.00754. The maximum atomic E-state index is 12.5. The first-order chi connectivity index (χ1) is 13.6. The van der Waals surface area contributed by atoms with Gasteiger partial charge in [0, 0.05) is 25.8 Å². The number of hydrogen-bond donors (Lipinski definition) is 0. The van der Waals surface area contributed by atoms with Gasteiger partial charge in [0.1, 0.15) is 23.8 Å². The summed E-state index contributed by atoms with van der Waals surface area (Å²) < 4.78 is 5.64. The lowest BCUT2D eigenvalue weighted by molar-refractivity contribution is -0.141. The van der Waals surface area contributed by atoms with E-state index in [-0.39, 0.29) is 31.5 Å². The third-order valence-electron chi connectivity index (χ3n) is 5.23. The van der Waals surface area contributed by atoms with Crippen LogP contribution in [0.1, 0.15) is 18.5 Å². The Morgan fingerprint density at radius 3 is 2.64 bits per heavy atom. The summed E-state index contributed by atoms with van der Waals surface area (Å²) in [6.45, 7) is 1.82. The number of carbonyl (C=O) groups excluding carboxylic acids is 2. The molecule has 2 aromatic rings. The Morgan fingerprint density at radius 2 is 1.89 bits per heavy atom. The van der Waals surface area contributed by atoms with Crippen LogP contribution in [-0.2, 0) is 16.1 Å². The molecule has 7 heteroatoms. The Labute approximate surface area is 164 Å². The maximum absolute atomic E-state index is 12.5. The third-order valence-corrected chi connectivity index (χ3v) is 5.23. The third kappa shape index (κ3) is 3.78. The van der Waals surface area contributed by atoms with Gasteiger partial charge in [-0.3, -0.25) is 9.59 Å². The number of carbonyl (C=O) groups is 2. The van der Waals surface area contributed by atoms with E-state index in [1.165, 1.54) is 0 Å². The number of benzene rings is 1. The molecule has 0 saturated carbocycles. The summed E-state index contributed by atoms with van der Waals surface area (Å²) >= 11 is 0. The van der Waals surface area contributed by atoms with E-state index in [0.29, 0.717) is 11.4 Å². The molecule has 0 atom stereocenters. The van der Waals surface area contributed by atoms with Crippen molar-refractivity contribution in [1.29, 1.82) is 0 Å². The number of rotatable bonds is 4. The number of hydrogen-bond acceptors (Lipinski definition) is 5. The second-order valence-electron chi connectivity index (χ2n) is 7.14. The highest BCUT2D eigenvalue weighted by molar-refractivity contribution is 5.86. The number of likely N-dealkylation sites (tertiary alicyclic amines) is 1. The van der Waals surface area contributed by atoms with Crippen molar-refractivity contribution >= 4 is 23.3 Å². The van der Waals surface area contributed by atoms with Gasteiger partial charge >= 0.3 is 0 Å². The molecule has 1 aromatic heterocycles. The molecular formula is C21H24N4O3. The van der Waals surface area contributed by atoms with Crippen LogP contribution in [0.15, 0.2) is 42.5 Å². The van der Waals surface area contributed by atoms with Crippen LogP contribution in [0.25, 0.3) is 0 Å². The van der Waals surface area contributed by atoms with E-state index in [9.17, 15) is 9.59 Å². The van der Waals surface area contributed by atoms with Gasteiger partial charge in [0.05, 0.1) is 6.54 Å². The van der Waals surface area contributed by atoms with E-state index in [1.807, 2.05) is 59.3 Å². The van der Waals surface area contributed by atoms with Crippen LogP contribution in [0.5, 0.6) is 5.75 Å². The quantitative estimate of drug-likeness (QED) is 0.814. The molecular weight excluding hydrogens is 356 g/mol. The first-order valence-corrected chi connectivity index (χ1v) is 9.59. The molecule has 1 aromatic carbocycles. The molecule has 1 fully saturated rings. The first kappa shape index (κ1) is 18.3. The molecule has 0 aliphatic carbocycles. The SMILES string of the molecule is CN(c1ccccc1)c1ccc2c(n1)CN(CC(=O)N1CCCC1)C(=O)CO2. The van der Waals surface area contributed by atoms with Crippen LogP contribution in [0.4, 0.5) is 11.5 Å². The molecule has 146 valence electrons. The fourth-order valence-corrected chi connectivity index (χ4v) is 3.57. The van der Waals surface area contributed by atoms with E-state index in [2.05, 4.69) is 0 Å². The van der Waals surface area contributed by atoms with Crippen LogP contribution in [0, 0.1) is 0 Å². The molecule has 0 N–H and O–H groups in total. The number of nitrogens with zero attached hydrogens (tertiary/aromatic N) is 4. The van der Waals surface area contributed by atoms with E-state index in [4.69, 9.17) is 9.72 Å². The average Bonchev–Trinajstić information content (AvgIpc) is 3.22. The largest absolute Gasteiger partial charge is 0.482 e. The molecule has 3 heterocycles. The van der Waals surface area contributed by atoms with Gasteiger partial charge in [0.15, 0.2) is 6.61 Å². The molecule has 4 rings (SSSR count). The van der Waals surface area contributed by atoms with E-state index >= 15 is 0 Å². The molecule has 2 aliphatic rings. The molecule has 2 aliphatic heterocycles. The highest BCUT2D eigenvalue weighted by Gasteiger charge is 2.27. The number of amides is 2. The van der Waals surface area contributed by atoms with Crippen LogP contribution in [0.2, 0.25) is 0 Å². The Balaban J connectivity index is 1.54. The Bertz CT molecular complexity index is 865. The smallest absolute Gasteiger partial charge is 0.261 e. The number of pyridine rings is 1. The number of ether oxygens (including phenoxy) is 1. The van der Waals surface area contributed by atoms with Crippen molar-refractivity contribution in [2.24, 2.45) is 0 Å². The number of aromatic nitrogens is 1. The number of para-hydroxylation sites is 1. The van der Waals surface area contributed by atoms with Crippen molar-refractivity contribution in [2.75, 3.05) is 38.2 Å². The van der Waals surface area contributed by atoms with Gasteiger partial charge in [-0.1, -0.05) is 18.2 Å². The zero-order chi connectivity index (χ0) is 19.5. The predicted molar refractivity (Wildman–Crippen MR) is 105 cm³/mol. The van der Waals surface area contributed by atoms with Crippen molar-refractivity contribution < 1.29 is 14.3 Å². The van der Waals surface area contributed by atoms with Gasteiger partial charge in [-0.15, -0.1) is 0 Å². The summed E-state index contributed by atoms with van der Waals surface area (Å²) in [5, 5.41) is 0. The van der Waals surface area contributed by atoms with Crippen LogP contribution in [0.3, 0.4) is 0 Å². The fraction of sp³-hybridized carbons (Fsp3) is 0.381. The monoisotopic (exact) mass is 380 g/mol. The summed E-state index contributed by atoms with van der Waals surface area (Å²) in [6.07, 6.45) is 2.06. The molecule has 28 heavy (non-hydrogen) atoms. The normalized spacial score (nSPS) is 16.4. The summed E-state index contributed by atoms with van der Waals surface area (Å²) in [5.74, 6) is 1.15. The first-order valence-electron chi connectivity index (χ1n) is 9.59. The van der Waals surface area contributed by atoms with Crippen molar-refractivity contribution in [3.8, 4) is 5.75 Å². The minimum Gasteiger partial charge on any atom is -0.482 e. The van der Waals surface area contributed by atoms with Crippen LogP contribution in [-0.4, -0.2) is 59.9 Å². The predicted octanol–water partition coefficient (Wildman–Crippen LogP) is 2.19. The lowest BCUT2D eigenvalue weighted by Gasteiger charge is -2.23. The van der Waals surface area contributed by atoms with Crippen molar-refractivity contribution in [3.63, 3.8) is 0 Å². The molecule has 0 bridgehead atoms.